The van der Waals surface area contributed by atoms with Gasteiger partial charge < -0.3 is 19.3 Å². The zero-order valence-corrected chi connectivity index (χ0v) is 21.6. The molecule has 0 radical (unpaired) electrons. The quantitative estimate of drug-likeness (QED) is 0.390. The Morgan fingerprint density at radius 2 is 2.00 bits per heavy atom. The summed E-state index contributed by atoms with van der Waals surface area (Å²) in [4.78, 5) is 31.7. The van der Waals surface area contributed by atoms with Crippen LogP contribution in [0.15, 0.2) is 60.0 Å². The van der Waals surface area contributed by atoms with Crippen molar-refractivity contribution in [1.82, 2.24) is 9.80 Å². The van der Waals surface area contributed by atoms with E-state index in [1.807, 2.05) is 25.3 Å². The number of rotatable bonds is 9. The normalized spacial score (nSPS) is 15.7. The Morgan fingerprint density at radius 3 is 2.75 bits per heavy atom. The fourth-order valence-corrected chi connectivity index (χ4v) is 5.34. The lowest BCUT2D eigenvalue weighted by Crippen LogP contribution is -2.49. The predicted octanol–water partition coefficient (Wildman–Crippen LogP) is 5.34. The van der Waals surface area contributed by atoms with E-state index in [1.54, 1.807) is 70.7 Å². The molecule has 6 nitrogen and oxygen atoms in total. The first-order valence-corrected chi connectivity index (χ1v) is 13.0. The monoisotopic (exact) mass is 510 g/mol. The van der Waals surface area contributed by atoms with E-state index in [9.17, 15) is 14.0 Å². The van der Waals surface area contributed by atoms with Crippen LogP contribution in [0.25, 0.3) is 0 Å². The van der Waals surface area contributed by atoms with Crippen molar-refractivity contribution in [2.75, 3.05) is 26.8 Å². The zero-order valence-electron chi connectivity index (χ0n) is 20.8. The second kappa shape index (κ2) is 11.6. The molecule has 0 N–H and O–H groups in total. The SMILES string of the molecule is CC[C@H](C)N(CC(=O)N1CCc2sccc2[C@@H]1COc1ccccc1F)C(=O)c1cccc(OC)c1. The number of methoxy groups -OCH3 is 1. The molecule has 0 spiro atoms. The second-order valence-electron chi connectivity index (χ2n) is 8.82. The third-order valence-electron chi connectivity index (χ3n) is 6.65. The minimum atomic E-state index is -0.441. The highest BCUT2D eigenvalue weighted by Gasteiger charge is 2.34. The summed E-state index contributed by atoms with van der Waals surface area (Å²) < 4.78 is 25.3. The van der Waals surface area contributed by atoms with E-state index in [-0.39, 0.29) is 42.8 Å². The smallest absolute Gasteiger partial charge is 0.254 e. The van der Waals surface area contributed by atoms with Gasteiger partial charge in [0.1, 0.15) is 18.9 Å². The molecular formula is C28H31FN2O4S. The molecule has 8 heteroatoms. The first-order chi connectivity index (χ1) is 17.4. The summed E-state index contributed by atoms with van der Waals surface area (Å²) in [5.41, 5.74) is 1.49. The molecule has 0 unspecified atom stereocenters. The highest BCUT2D eigenvalue weighted by molar-refractivity contribution is 7.10. The van der Waals surface area contributed by atoms with Gasteiger partial charge in [0.25, 0.3) is 5.91 Å². The minimum Gasteiger partial charge on any atom is -0.497 e. The molecule has 3 aromatic rings. The van der Waals surface area contributed by atoms with Crippen LogP contribution in [0.2, 0.25) is 0 Å². The predicted molar refractivity (Wildman–Crippen MR) is 138 cm³/mol. The fraction of sp³-hybridized carbons (Fsp3) is 0.357. The molecule has 1 aromatic heterocycles. The van der Waals surface area contributed by atoms with Crippen LogP contribution in [0, 0.1) is 5.82 Å². The van der Waals surface area contributed by atoms with Gasteiger partial charge in [-0.2, -0.15) is 0 Å². The Labute approximate surface area is 215 Å². The third-order valence-corrected chi connectivity index (χ3v) is 7.65. The van der Waals surface area contributed by atoms with Crippen LogP contribution in [0.1, 0.15) is 47.1 Å². The summed E-state index contributed by atoms with van der Waals surface area (Å²) in [7, 11) is 1.55. The molecule has 0 fully saturated rings. The molecule has 2 heterocycles. The number of para-hydroxylation sites is 1. The molecule has 0 aliphatic carbocycles. The van der Waals surface area contributed by atoms with Gasteiger partial charge in [-0.1, -0.05) is 25.1 Å². The lowest BCUT2D eigenvalue weighted by atomic mass is 10.00. The van der Waals surface area contributed by atoms with Gasteiger partial charge >= 0.3 is 0 Å². The topological polar surface area (TPSA) is 59.1 Å². The largest absolute Gasteiger partial charge is 0.497 e. The number of hydrogen-bond donors (Lipinski definition) is 0. The standard InChI is InChI=1S/C28H31FN2O4S/c1-4-19(2)31(28(33)20-8-7-9-21(16-20)34-3)17-27(32)30-14-12-26-22(13-15-36-26)24(30)18-35-25-11-6-5-10-23(25)29/h5-11,13,15-16,19,24H,4,12,14,17-18H2,1-3H3/t19-,24-/m0/s1. The molecule has 0 saturated heterocycles. The Hall–Kier alpha value is -3.39. The average Bonchev–Trinajstić information content (AvgIpc) is 3.39. The zero-order chi connectivity index (χ0) is 25.7. The highest BCUT2D eigenvalue weighted by Crippen LogP contribution is 2.34. The van der Waals surface area contributed by atoms with Crippen LogP contribution < -0.4 is 9.47 Å². The molecule has 2 amide bonds. The summed E-state index contributed by atoms with van der Waals surface area (Å²) in [6, 6.07) is 14.7. The van der Waals surface area contributed by atoms with E-state index < -0.39 is 5.82 Å². The molecule has 0 saturated carbocycles. The first-order valence-electron chi connectivity index (χ1n) is 12.1. The Bertz CT molecular complexity index is 1210. The van der Waals surface area contributed by atoms with Gasteiger partial charge in [0.05, 0.1) is 13.2 Å². The van der Waals surface area contributed by atoms with Crippen molar-refractivity contribution in [2.45, 2.75) is 38.8 Å². The molecule has 2 aromatic carbocycles. The number of fused-ring (bicyclic) bond motifs is 1. The van der Waals surface area contributed by atoms with Crippen molar-refractivity contribution in [3.05, 3.63) is 81.8 Å². The number of nitrogens with zero attached hydrogens (tertiary/aromatic N) is 2. The number of halogens is 1. The van der Waals surface area contributed by atoms with Crippen LogP contribution in [0.3, 0.4) is 0 Å². The van der Waals surface area contributed by atoms with Gasteiger partial charge in [0, 0.05) is 23.0 Å². The van der Waals surface area contributed by atoms with Crippen LogP contribution in [-0.2, 0) is 11.2 Å². The Kier molecular flexibility index (Phi) is 8.25. The third kappa shape index (κ3) is 5.54. The van der Waals surface area contributed by atoms with E-state index in [0.29, 0.717) is 24.3 Å². The van der Waals surface area contributed by atoms with Gasteiger partial charge in [-0.15, -0.1) is 11.3 Å². The maximum atomic E-state index is 14.2. The number of ether oxygens (including phenoxy) is 2. The Morgan fingerprint density at radius 1 is 1.19 bits per heavy atom. The Balaban J connectivity index is 1.56. The lowest BCUT2D eigenvalue weighted by molar-refractivity contribution is -0.136. The molecule has 36 heavy (non-hydrogen) atoms. The van der Waals surface area contributed by atoms with Gasteiger partial charge in [0.2, 0.25) is 5.91 Å². The number of amides is 2. The maximum absolute atomic E-state index is 14.2. The molecule has 2 atom stereocenters. The maximum Gasteiger partial charge on any atom is 0.254 e. The summed E-state index contributed by atoms with van der Waals surface area (Å²) in [5, 5.41) is 2.01. The number of hydrogen-bond acceptors (Lipinski definition) is 5. The summed E-state index contributed by atoms with van der Waals surface area (Å²) >= 11 is 1.65. The van der Waals surface area contributed by atoms with Crippen molar-refractivity contribution in [3.8, 4) is 11.5 Å². The number of benzene rings is 2. The molecule has 190 valence electrons. The molecule has 4 rings (SSSR count). The highest BCUT2D eigenvalue weighted by atomic mass is 32.1. The van der Waals surface area contributed by atoms with Crippen LogP contribution in [0.5, 0.6) is 11.5 Å². The summed E-state index contributed by atoms with van der Waals surface area (Å²) in [5.74, 6) is -0.0811. The van der Waals surface area contributed by atoms with E-state index >= 15 is 0 Å². The van der Waals surface area contributed by atoms with Crippen molar-refractivity contribution in [1.29, 1.82) is 0 Å². The fourth-order valence-electron chi connectivity index (χ4n) is 4.41. The molecule has 1 aliphatic rings. The van der Waals surface area contributed by atoms with E-state index in [4.69, 9.17) is 9.47 Å². The van der Waals surface area contributed by atoms with Crippen molar-refractivity contribution in [2.24, 2.45) is 0 Å². The van der Waals surface area contributed by atoms with Gasteiger partial charge in [-0.25, -0.2) is 4.39 Å². The van der Waals surface area contributed by atoms with Crippen molar-refractivity contribution < 1.29 is 23.5 Å². The van der Waals surface area contributed by atoms with Crippen molar-refractivity contribution in [3.63, 3.8) is 0 Å². The van der Waals surface area contributed by atoms with Gasteiger partial charge in [-0.05, 0) is 67.1 Å². The molecular weight excluding hydrogens is 479 g/mol. The van der Waals surface area contributed by atoms with Gasteiger partial charge in [-0.3, -0.25) is 9.59 Å². The number of carbonyl (C=O) groups is 2. The number of thiophene rings is 1. The summed E-state index contributed by atoms with van der Waals surface area (Å²) in [6.07, 6.45) is 1.44. The molecule has 0 bridgehead atoms. The molecule has 1 aliphatic heterocycles. The van der Waals surface area contributed by atoms with Crippen LogP contribution >= 0.6 is 11.3 Å². The van der Waals surface area contributed by atoms with E-state index in [0.717, 1.165) is 12.0 Å². The lowest BCUT2D eigenvalue weighted by Gasteiger charge is -2.38. The van der Waals surface area contributed by atoms with E-state index in [2.05, 4.69) is 0 Å². The summed E-state index contributed by atoms with van der Waals surface area (Å²) in [6.45, 7) is 4.52. The number of carbonyl (C=O) groups excluding carboxylic acids is 2. The van der Waals surface area contributed by atoms with Crippen LogP contribution in [-0.4, -0.2) is 54.5 Å². The van der Waals surface area contributed by atoms with Gasteiger partial charge in [0.15, 0.2) is 11.6 Å². The first kappa shape index (κ1) is 25.7. The van der Waals surface area contributed by atoms with Crippen molar-refractivity contribution >= 4 is 23.2 Å². The second-order valence-corrected chi connectivity index (χ2v) is 9.82. The average molecular weight is 511 g/mol. The van der Waals surface area contributed by atoms with Crippen LogP contribution in [0.4, 0.5) is 4.39 Å². The van der Waals surface area contributed by atoms with E-state index in [1.165, 1.54) is 10.9 Å². The minimum absolute atomic E-state index is 0.0548.